The highest BCUT2D eigenvalue weighted by Gasteiger charge is 2.26. The lowest BCUT2D eigenvalue weighted by Gasteiger charge is -2.34. The summed E-state index contributed by atoms with van der Waals surface area (Å²) in [6.07, 6.45) is 10.5. The summed E-state index contributed by atoms with van der Waals surface area (Å²) in [5.41, 5.74) is 10.5. The summed E-state index contributed by atoms with van der Waals surface area (Å²) in [6.45, 7) is 12.9. The molecule has 0 aromatic carbocycles. The topological polar surface area (TPSA) is 120 Å². The monoisotopic (exact) mass is 411 g/mol. The molecule has 9 heteroatoms. The molecule has 0 amide bonds. The summed E-state index contributed by atoms with van der Waals surface area (Å²) in [6, 6.07) is 0. The van der Waals surface area contributed by atoms with Crippen LogP contribution in [-0.4, -0.2) is 82.1 Å². The highest BCUT2D eigenvalue weighted by atomic mass is 16.5. The third-order valence-electron chi connectivity index (χ3n) is 3.81. The molecule has 5 N–H and O–H groups in total. The fourth-order valence-corrected chi connectivity index (χ4v) is 2.03. The van der Waals surface area contributed by atoms with E-state index in [0.29, 0.717) is 13.1 Å². The zero-order valence-electron chi connectivity index (χ0n) is 19.0. The van der Waals surface area contributed by atoms with Gasteiger partial charge in [0.2, 0.25) is 0 Å². The summed E-state index contributed by atoms with van der Waals surface area (Å²) in [4.78, 5) is 12.5. The first-order valence-electron chi connectivity index (χ1n) is 9.83. The second kappa shape index (κ2) is 15.1. The number of hydrogen-bond donors (Lipinski definition) is 3. The Hall–Kier alpha value is -1.78. The number of H-pyrrole nitrogens is 1. The van der Waals surface area contributed by atoms with Gasteiger partial charge < -0.3 is 35.4 Å². The SMILES string of the molecule is CC(C)(CN)OC(C)(C)CN.CN1CCOCC1.Cn1ccnc1.c1c[nH]cn1. The third-order valence-corrected chi connectivity index (χ3v) is 3.81. The molecular weight excluding hydrogens is 370 g/mol. The van der Waals surface area contributed by atoms with Crippen molar-refractivity contribution in [3.63, 3.8) is 0 Å². The van der Waals surface area contributed by atoms with E-state index in [2.05, 4.69) is 26.9 Å². The van der Waals surface area contributed by atoms with E-state index in [-0.39, 0.29) is 11.2 Å². The Kier molecular flexibility index (Phi) is 14.2. The third kappa shape index (κ3) is 16.8. The smallest absolute Gasteiger partial charge is 0.0943 e. The van der Waals surface area contributed by atoms with E-state index >= 15 is 0 Å². The van der Waals surface area contributed by atoms with E-state index in [1.54, 1.807) is 31.2 Å². The van der Waals surface area contributed by atoms with Crippen molar-refractivity contribution in [2.24, 2.45) is 18.5 Å². The quantitative estimate of drug-likeness (QED) is 0.692. The predicted octanol–water partition coefficient (Wildman–Crippen LogP) is 1.26. The summed E-state index contributed by atoms with van der Waals surface area (Å²) in [5.74, 6) is 0. The standard InChI is InChI=1S/C8H20N2O.C5H11NO.C4H6N2.C3H4N2/c1-7(2,5-9)11-8(3,4)6-10;1-6-2-4-7-5-3-6;1-6-3-2-5-4-6;1-2-5-3-4-1/h5-6,9-10H2,1-4H3;2-5H2,1H3;2-4H,1H3;1-3H,(H,4,5). The molecule has 0 spiro atoms. The number of rotatable bonds is 4. The van der Waals surface area contributed by atoms with Crippen LogP contribution in [0.25, 0.3) is 0 Å². The molecule has 0 saturated carbocycles. The molecule has 0 unspecified atom stereocenters. The normalized spacial score (nSPS) is 14.5. The number of likely N-dealkylation sites (N-methyl/N-ethyl adjacent to an activating group) is 1. The predicted molar refractivity (Wildman–Crippen MR) is 117 cm³/mol. The molecule has 3 rings (SSSR count). The fraction of sp³-hybridized carbons (Fsp3) is 0.700. The van der Waals surface area contributed by atoms with Gasteiger partial charge in [-0.25, -0.2) is 9.97 Å². The summed E-state index contributed by atoms with van der Waals surface area (Å²) in [7, 11) is 4.05. The minimum absolute atomic E-state index is 0.275. The van der Waals surface area contributed by atoms with E-state index in [4.69, 9.17) is 20.9 Å². The Morgan fingerprint density at radius 3 is 1.79 bits per heavy atom. The molecule has 9 nitrogen and oxygen atoms in total. The van der Waals surface area contributed by atoms with Gasteiger partial charge in [0.15, 0.2) is 0 Å². The van der Waals surface area contributed by atoms with Crippen LogP contribution in [0.3, 0.4) is 0 Å². The number of aryl methyl sites for hydroxylation is 1. The highest BCUT2D eigenvalue weighted by Crippen LogP contribution is 2.17. The number of nitrogens with two attached hydrogens (primary N) is 2. The number of ether oxygens (including phenoxy) is 2. The van der Waals surface area contributed by atoms with Crippen LogP contribution in [0.5, 0.6) is 0 Å². The van der Waals surface area contributed by atoms with E-state index in [1.807, 2.05) is 45.5 Å². The van der Waals surface area contributed by atoms with Crippen molar-refractivity contribution >= 4 is 0 Å². The van der Waals surface area contributed by atoms with Crippen LogP contribution in [-0.2, 0) is 16.5 Å². The van der Waals surface area contributed by atoms with Gasteiger partial charge in [-0.1, -0.05) is 0 Å². The van der Waals surface area contributed by atoms with Crippen molar-refractivity contribution < 1.29 is 9.47 Å². The number of imidazole rings is 2. The van der Waals surface area contributed by atoms with Gasteiger partial charge >= 0.3 is 0 Å². The Labute approximate surface area is 175 Å². The molecule has 1 aliphatic heterocycles. The van der Waals surface area contributed by atoms with Crippen LogP contribution in [0.15, 0.2) is 37.4 Å². The zero-order chi connectivity index (χ0) is 22.2. The maximum Gasteiger partial charge on any atom is 0.0943 e. The molecule has 2 aromatic rings. The largest absolute Gasteiger partial charge is 0.379 e. The van der Waals surface area contributed by atoms with Crippen molar-refractivity contribution in [2.75, 3.05) is 46.4 Å². The van der Waals surface area contributed by atoms with Crippen molar-refractivity contribution in [2.45, 2.75) is 38.9 Å². The van der Waals surface area contributed by atoms with Crippen LogP contribution in [0.4, 0.5) is 0 Å². The van der Waals surface area contributed by atoms with Gasteiger partial charge in [-0.2, -0.15) is 0 Å². The molecule has 0 atom stereocenters. The number of hydrogen-bond acceptors (Lipinski definition) is 7. The lowest BCUT2D eigenvalue weighted by Crippen LogP contribution is -2.45. The van der Waals surface area contributed by atoms with Crippen LogP contribution in [0.2, 0.25) is 0 Å². The van der Waals surface area contributed by atoms with Gasteiger partial charge in [-0.3, -0.25) is 0 Å². The van der Waals surface area contributed by atoms with E-state index < -0.39 is 0 Å². The maximum atomic E-state index is 5.67. The molecule has 29 heavy (non-hydrogen) atoms. The molecule has 168 valence electrons. The Balaban J connectivity index is 0.000000376. The minimum Gasteiger partial charge on any atom is -0.379 e. The molecule has 2 aromatic heterocycles. The lowest BCUT2D eigenvalue weighted by molar-refractivity contribution is -0.111. The zero-order valence-corrected chi connectivity index (χ0v) is 19.0. The van der Waals surface area contributed by atoms with Gasteiger partial charge in [0, 0.05) is 58.0 Å². The average molecular weight is 412 g/mol. The van der Waals surface area contributed by atoms with Crippen molar-refractivity contribution in [3.8, 4) is 0 Å². The molecule has 0 radical (unpaired) electrons. The number of morpholine rings is 1. The van der Waals surface area contributed by atoms with Crippen molar-refractivity contribution in [1.82, 2.24) is 24.4 Å². The Bertz CT molecular complexity index is 534. The highest BCUT2D eigenvalue weighted by molar-refractivity contribution is 4.78. The number of aromatic nitrogens is 4. The van der Waals surface area contributed by atoms with Crippen LogP contribution in [0.1, 0.15) is 27.7 Å². The van der Waals surface area contributed by atoms with Gasteiger partial charge in [0.1, 0.15) is 0 Å². The van der Waals surface area contributed by atoms with Crippen molar-refractivity contribution in [1.29, 1.82) is 0 Å². The van der Waals surface area contributed by atoms with Gasteiger partial charge in [0.05, 0.1) is 37.1 Å². The van der Waals surface area contributed by atoms with Crippen LogP contribution < -0.4 is 11.5 Å². The first kappa shape index (κ1) is 27.2. The van der Waals surface area contributed by atoms with Gasteiger partial charge in [-0.05, 0) is 34.7 Å². The average Bonchev–Trinajstić information content (AvgIpc) is 3.39. The number of nitrogens with zero attached hydrogens (tertiary/aromatic N) is 4. The second-order valence-electron chi connectivity index (χ2n) is 7.93. The molecule has 1 saturated heterocycles. The summed E-state index contributed by atoms with van der Waals surface area (Å²) >= 11 is 0. The maximum absolute atomic E-state index is 5.67. The van der Waals surface area contributed by atoms with Gasteiger partial charge in [0.25, 0.3) is 0 Å². The van der Waals surface area contributed by atoms with E-state index in [9.17, 15) is 0 Å². The molecule has 0 aliphatic carbocycles. The van der Waals surface area contributed by atoms with Crippen LogP contribution in [0, 0.1) is 0 Å². The van der Waals surface area contributed by atoms with E-state index in [0.717, 1.165) is 26.3 Å². The molecular formula is C20H41N7O2. The Morgan fingerprint density at radius 1 is 1.00 bits per heavy atom. The summed E-state index contributed by atoms with van der Waals surface area (Å²) in [5, 5.41) is 0. The summed E-state index contributed by atoms with van der Waals surface area (Å²) < 4.78 is 12.7. The van der Waals surface area contributed by atoms with Crippen LogP contribution >= 0.6 is 0 Å². The lowest BCUT2D eigenvalue weighted by atomic mass is 10.1. The molecule has 1 aliphatic rings. The van der Waals surface area contributed by atoms with Crippen molar-refractivity contribution in [3.05, 3.63) is 37.4 Å². The van der Waals surface area contributed by atoms with Gasteiger partial charge in [-0.15, -0.1) is 0 Å². The minimum atomic E-state index is -0.275. The van der Waals surface area contributed by atoms with E-state index in [1.165, 1.54) is 0 Å². The number of aromatic amines is 1. The molecule has 3 heterocycles. The molecule has 0 bridgehead atoms. The Morgan fingerprint density at radius 2 is 1.59 bits per heavy atom. The second-order valence-corrected chi connectivity index (χ2v) is 7.93. The first-order valence-corrected chi connectivity index (χ1v) is 9.83. The first-order chi connectivity index (χ1) is 13.6. The fourth-order valence-electron chi connectivity index (χ4n) is 2.03. The molecule has 1 fully saturated rings. The number of nitrogens with one attached hydrogen (secondary N) is 1.